The van der Waals surface area contributed by atoms with Gasteiger partial charge in [-0.25, -0.2) is 13.1 Å². The van der Waals surface area contributed by atoms with Crippen molar-refractivity contribution in [2.24, 2.45) is 5.73 Å². The molecule has 1 fully saturated rings. The van der Waals surface area contributed by atoms with Crippen molar-refractivity contribution in [1.82, 2.24) is 4.72 Å². The van der Waals surface area contributed by atoms with Crippen LogP contribution in [0.2, 0.25) is 0 Å². The van der Waals surface area contributed by atoms with Crippen LogP contribution >= 0.6 is 12.2 Å². The van der Waals surface area contributed by atoms with Crippen LogP contribution in [0.25, 0.3) is 0 Å². The second kappa shape index (κ2) is 6.97. The molecular weight excluding hydrogens is 284 g/mol. The number of ether oxygens (including phenoxy) is 1. The van der Waals surface area contributed by atoms with E-state index in [4.69, 9.17) is 22.7 Å². The third kappa shape index (κ3) is 5.33. The first kappa shape index (κ1) is 16.8. The predicted octanol–water partition coefficient (Wildman–Crippen LogP) is 1.32. The minimum atomic E-state index is -3.42. The first-order chi connectivity index (χ1) is 8.77. The van der Waals surface area contributed by atoms with E-state index in [-0.39, 0.29) is 23.5 Å². The monoisotopic (exact) mass is 308 g/mol. The summed E-state index contributed by atoms with van der Waals surface area (Å²) in [7, 11) is -3.42. The maximum Gasteiger partial charge on any atom is 0.214 e. The van der Waals surface area contributed by atoms with Crippen molar-refractivity contribution in [2.45, 2.75) is 57.6 Å². The van der Waals surface area contributed by atoms with Crippen LogP contribution < -0.4 is 10.5 Å². The first-order valence-electron chi connectivity index (χ1n) is 6.71. The van der Waals surface area contributed by atoms with Gasteiger partial charge in [0.2, 0.25) is 10.0 Å². The van der Waals surface area contributed by atoms with E-state index in [0.717, 1.165) is 19.3 Å². The molecule has 0 amide bonds. The topological polar surface area (TPSA) is 81.4 Å². The largest absolute Gasteiger partial charge is 0.392 e. The Morgan fingerprint density at radius 1 is 1.37 bits per heavy atom. The zero-order chi connectivity index (χ0) is 14.5. The Hall–Kier alpha value is -0.240. The maximum atomic E-state index is 12.1. The van der Waals surface area contributed by atoms with Gasteiger partial charge >= 0.3 is 0 Å². The molecule has 0 spiro atoms. The van der Waals surface area contributed by atoms with Crippen LogP contribution in [-0.2, 0) is 14.8 Å². The molecule has 19 heavy (non-hydrogen) atoms. The zero-order valence-corrected chi connectivity index (χ0v) is 13.3. The van der Waals surface area contributed by atoms with Crippen LogP contribution in [0, 0.1) is 0 Å². The summed E-state index contributed by atoms with van der Waals surface area (Å²) in [6.45, 7) is 3.93. The van der Waals surface area contributed by atoms with Gasteiger partial charge in [0.25, 0.3) is 0 Å². The highest BCUT2D eigenvalue weighted by Gasteiger charge is 2.38. The molecule has 0 heterocycles. The number of hydrogen-bond donors (Lipinski definition) is 2. The minimum absolute atomic E-state index is 0.0226. The summed E-state index contributed by atoms with van der Waals surface area (Å²) in [6.07, 6.45) is 4.39. The highest BCUT2D eigenvalue weighted by atomic mass is 32.2. The van der Waals surface area contributed by atoms with E-state index in [1.807, 2.05) is 13.8 Å². The first-order valence-corrected chi connectivity index (χ1v) is 8.77. The minimum Gasteiger partial charge on any atom is -0.392 e. The number of sulfonamides is 1. The van der Waals surface area contributed by atoms with E-state index in [0.29, 0.717) is 12.8 Å². The standard InChI is InChI=1S/C12H24N2O3S2/c1-10(2)17-8-9-19(15,16)14-12(11(13)18)6-4-3-5-7-12/h10,14H,3-9H2,1-2H3,(H2,13,18). The van der Waals surface area contributed by atoms with Crippen molar-refractivity contribution in [3.05, 3.63) is 0 Å². The van der Waals surface area contributed by atoms with Gasteiger partial charge in [-0.1, -0.05) is 31.5 Å². The summed E-state index contributed by atoms with van der Waals surface area (Å²) in [5.41, 5.74) is 5.03. The Labute approximate surface area is 121 Å². The third-order valence-electron chi connectivity index (χ3n) is 3.33. The summed E-state index contributed by atoms with van der Waals surface area (Å²) >= 11 is 5.07. The Kier molecular flexibility index (Phi) is 6.16. The molecule has 7 heteroatoms. The van der Waals surface area contributed by atoms with Crippen molar-refractivity contribution in [1.29, 1.82) is 0 Å². The SMILES string of the molecule is CC(C)OCCS(=O)(=O)NC1(C(N)=S)CCCCC1. The molecule has 1 rings (SSSR count). The van der Waals surface area contributed by atoms with Crippen molar-refractivity contribution >= 4 is 27.2 Å². The lowest BCUT2D eigenvalue weighted by Crippen LogP contribution is -2.58. The molecule has 5 nitrogen and oxygen atoms in total. The van der Waals surface area contributed by atoms with Gasteiger partial charge in [-0.15, -0.1) is 0 Å². The molecular formula is C12H24N2O3S2. The molecule has 1 aliphatic rings. The Bertz CT molecular complexity index is 401. The third-order valence-corrected chi connectivity index (χ3v) is 5.13. The summed E-state index contributed by atoms with van der Waals surface area (Å²) in [5.74, 6) is -0.0600. The number of hydrogen-bond acceptors (Lipinski definition) is 4. The van der Waals surface area contributed by atoms with Crippen LogP contribution in [0.4, 0.5) is 0 Å². The van der Waals surface area contributed by atoms with Gasteiger partial charge in [0.05, 0.1) is 29.0 Å². The molecule has 1 saturated carbocycles. The van der Waals surface area contributed by atoms with Gasteiger partial charge in [0.15, 0.2) is 0 Å². The van der Waals surface area contributed by atoms with Crippen LogP contribution in [0.3, 0.4) is 0 Å². The Balaban J connectivity index is 2.65. The lowest BCUT2D eigenvalue weighted by Gasteiger charge is -2.36. The van der Waals surface area contributed by atoms with E-state index in [2.05, 4.69) is 4.72 Å². The molecule has 0 bridgehead atoms. The summed E-state index contributed by atoms with van der Waals surface area (Å²) in [6, 6.07) is 0. The van der Waals surface area contributed by atoms with E-state index in [1.54, 1.807) is 0 Å². The summed E-state index contributed by atoms with van der Waals surface area (Å²) in [5, 5.41) is 0. The molecule has 0 atom stereocenters. The average molecular weight is 308 g/mol. The fraction of sp³-hybridized carbons (Fsp3) is 0.917. The quantitative estimate of drug-likeness (QED) is 0.693. The maximum absolute atomic E-state index is 12.1. The van der Waals surface area contributed by atoms with Crippen LogP contribution in [0.1, 0.15) is 46.0 Å². The number of rotatable bonds is 7. The molecule has 0 unspecified atom stereocenters. The smallest absolute Gasteiger partial charge is 0.214 e. The molecule has 0 aliphatic heterocycles. The molecule has 0 saturated heterocycles. The van der Waals surface area contributed by atoms with Gasteiger partial charge in [0, 0.05) is 0 Å². The predicted molar refractivity (Wildman–Crippen MR) is 80.6 cm³/mol. The van der Waals surface area contributed by atoms with E-state index in [9.17, 15) is 8.42 Å². The van der Waals surface area contributed by atoms with E-state index in [1.165, 1.54) is 0 Å². The molecule has 0 aromatic rings. The van der Waals surface area contributed by atoms with Crippen molar-refractivity contribution in [3.63, 3.8) is 0 Å². The number of nitrogens with one attached hydrogen (secondary N) is 1. The van der Waals surface area contributed by atoms with E-state index < -0.39 is 15.6 Å². The highest BCUT2D eigenvalue weighted by Crippen LogP contribution is 2.29. The lowest BCUT2D eigenvalue weighted by atomic mass is 9.82. The van der Waals surface area contributed by atoms with Gasteiger partial charge < -0.3 is 10.5 Å². The van der Waals surface area contributed by atoms with Gasteiger partial charge in [-0.2, -0.15) is 0 Å². The molecule has 1 aliphatic carbocycles. The zero-order valence-electron chi connectivity index (χ0n) is 11.6. The number of nitrogens with two attached hydrogens (primary N) is 1. The van der Waals surface area contributed by atoms with Crippen LogP contribution in [0.15, 0.2) is 0 Å². The normalized spacial score (nSPS) is 19.5. The fourth-order valence-electron chi connectivity index (χ4n) is 2.30. The summed E-state index contributed by atoms with van der Waals surface area (Å²) < 4.78 is 32.2. The van der Waals surface area contributed by atoms with Crippen LogP contribution in [0.5, 0.6) is 0 Å². The van der Waals surface area contributed by atoms with Gasteiger partial charge in [-0.05, 0) is 26.7 Å². The second-order valence-corrected chi connectivity index (χ2v) is 7.63. The lowest BCUT2D eigenvalue weighted by molar-refractivity contribution is 0.0910. The Morgan fingerprint density at radius 2 is 1.95 bits per heavy atom. The molecule has 0 aromatic heterocycles. The van der Waals surface area contributed by atoms with Crippen molar-refractivity contribution in [3.8, 4) is 0 Å². The Morgan fingerprint density at radius 3 is 2.42 bits per heavy atom. The molecule has 3 N–H and O–H groups in total. The summed E-state index contributed by atoms with van der Waals surface area (Å²) in [4.78, 5) is 0.251. The van der Waals surface area contributed by atoms with Crippen LogP contribution in [-0.4, -0.2) is 37.4 Å². The van der Waals surface area contributed by atoms with Crippen molar-refractivity contribution in [2.75, 3.05) is 12.4 Å². The number of thiocarbonyl (C=S) groups is 1. The van der Waals surface area contributed by atoms with Gasteiger partial charge in [0.1, 0.15) is 0 Å². The van der Waals surface area contributed by atoms with E-state index >= 15 is 0 Å². The van der Waals surface area contributed by atoms with Crippen molar-refractivity contribution < 1.29 is 13.2 Å². The molecule has 0 radical (unpaired) electrons. The molecule has 112 valence electrons. The fourth-order valence-corrected chi connectivity index (χ4v) is 3.94. The second-order valence-electron chi connectivity index (χ2n) is 5.35. The molecule has 0 aromatic carbocycles. The van der Waals surface area contributed by atoms with Gasteiger partial charge in [-0.3, -0.25) is 0 Å². The average Bonchev–Trinajstić information content (AvgIpc) is 2.28. The highest BCUT2D eigenvalue weighted by molar-refractivity contribution is 7.89.